The molecule has 0 aliphatic rings. The van der Waals surface area contributed by atoms with Crippen molar-refractivity contribution < 1.29 is 40.2 Å². The zero-order chi connectivity index (χ0) is 15.9. The van der Waals surface area contributed by atoms with Crippen molar-refractivity contribution in [3.05, 3.63) is 0 Å². The second-order valence-corrected chi connectivity index (χ2v) is 4.67. The first-order valence-corrected chi connectivity index (χ1v) is 6.34. The standard InChI is InChI=1S/C12H22O8/c1-2-3-6(12(19)20)4-7(14)9(16)11(18)10(17)8(15)5-13/h6,8-11,13,15-18H,2-5H2,1H3,(H,19,20)/t6-,8?,9?,10?,11?/m1/s1. The van der Waals surface area contributed by atoms with E-state index in [1.807, 2.05) is 0 Å². The fourth-order valence-corrected chi connectivity index (χ4v) is 1.74. The van der Waals surface area contributed by atoms with Gasteiger partial charge in [0.25, 0.3) is 0 Å². The summed E-state index contributed by atoms with van der Waals surface area (Å²) in [6.07, 6.45) is -7.35. The van der Waals surface area contributed by atoms with Gasteiger partial charge in [-0.3, -0.25) is 9.59 Å². The lowest BCUT2D eigenvalue weighted by Crippen LogP contribution is -2.49. The second-order valence-electron chi connectivity index (χ2n) is 4.67. The summed E-state index contributed by atoms with van der Waals surface area (Å²) in [5.41, 5.74) is 0. The maximum atomic E-state index is 11.7. The smallest absolute Gasteiger partial charge is 0.306 e. The third-order valence-electron chi connectivity index (χ3n) is 3.02. The Bertz CT molecular complexity index is 319. The van der Waals surface area contributed by atoms with Crippen LogP contribution in [0.3, 0.4) is 0 Å². The minimum atomic E-state index is -2.02. The van der Waals surface area contributed by atoms with Crippen molar-refractivity contribution in [2.24, 2.45) is 5.92 Å². The van der Waals surface area contributed by atoms with Crippen molar-refractivity contribution in [2.75, 3.05) is 6.61 Å². The zero-order valence-corrected chi connectivity index (χ0v) is 11.2. The highest BCUT2D eigenvalue weighted by molar-refractivity contribution is 5.87. The third-order valence-corrected chi connectivity index (χ3v) is 3.02. The van der Waals surface area contributed by atoms with Crippen LogP contribution in [0.5, 0.6) is 0 Å². The molecule has 0 spiro atoms. The number of hydrogen-bond acceptors (Lipinski definition) is 7. The van der Waals surface area contributed by atoms with Crippen LogP contribution >= 0.6 is 0 Å². The molecule has 0 aromatic carbocycles. The van der Waals surface area contributed by atoms with E-state index < -0.39 is 55.1 Å². The van der Waals surface area contributed by atoms with Gasteiger partial charge in [0.2, 0.25) is 0 Å². The molecule has 0 heterocycles. The highest BCUT2D eigenvalue weighted by atomic mass is 16.4. The van der Waals surface area contributed by atoms with Gasteiger partial charge in [-0.2, -0.15) is 0 Å². The number of carboxylic acid groups (broad SMARTS) is 1. The van der Waals surface area contributed by atoms with Gasteiger partial charge in [0.1, 0.15) is 24.4 Å². The van der Waals surface area contributed by atoms with Crippen molar-refractivity contribution in [3.8, 4) is 0 Å². The molecule has 0 radical (unpaired) electrons. The molecule has 0 aliphatic carbocycles. The molecule has 4 unspecified atom stereocenters. The van der Waals surface area contributed by atoms with Gasteiger partial charge in [-0.25, -0.2) is 0 Å². The molecule has 0 saturated heterocycles. The van der Waals surface area contributed by atoms with Gasteiger partial charge in [0.15, 0.2) is 5.78 Å². The van der Waals surface area contributed by atoms with Gasteiger partial charge in [-0.05, 0) is 6.42 Å². The van der Waals surface area contributed by atoms with Crippen molar-refractivity contribution in [1.82, 2.24) is 0 Å². The van der Waals surface area contributed by atoms with Crippen LogP contribution in [0, 0.1) is 5.92 Å². The normalized spacial score (nSPS) is 18.9. The van der Waals surface area contributed by atoms with Crippen LogP contribution in [0.25, 0.3) is 0 Å². The monoisotopic (exact) mass is 294 g/mol. The molecule has 5 atom stereocenters. The summed E-state index contributed by atoms with van der Waals surface area (Å²) in [4.78, 5) is 22.5. The molecule has 0 bridgehead atoms. The van der Waals surface area contributed by atoms with Crippen LogP contribution in [0.15, 0.2) is 0 Å². The fourth-order valence-electron chi connectivity index (χ4n) is 1.74. The lowest BCUT2D eigenvalue weighted by atomic mass is 9.92. The summed E-state index contributed by atoms with van der Waals surface area (Å²) in [6.45, 7) is 0.889. The zero-order valence-electron chi connectivity index (χ0n) is 11.2. The summed E-state index contributed by atoms with van der Waals surface area (Å²) < 4.78 is 0. The molecule has 118 valence electrons. The Kier molecular flexibility index (Phi) is 8.51. The first-order chi connectivity index (χ1) is 9.26. The average Bonchev–Trinajstić information content (AvgIpc) is 2.43. The summed E-state index contributed by atoms with van der Waals surface area (Å²) >= 11 is 0. The van der Waals surface area contributed by atoms with Gasteiger partial charge in [-0.15, -0.1) is 0 Å². The molecular weight excluding hydrogens is 272 g/mol. The van der Waals surface area contributed by atoms with Gasteiger partial charge < -0.3 is 30.6 Å². The van der Waals surface area contributed by atoms with Crippen LogP contribution < -0.4 is 0 Å². The largest absolute Gasteiger partial charge is 0.481 e. The Balaban J connectivity index is 4.63. The lowest BCUT2D eigenvalue weighted by Gasteiger charge is -2.25. The number of Topliss-reactive ketones (excluding diaryl/α,β-unsaturated/α-hetero) is 1. The molecule has 8 nitrogen and oxygen atoms in total. The van der Waals surface area contributed by atoms with Crippen LogP contribution in [-0.2, 0) is 9.59 Å². The predicted molar refractivity (Wildman–Crippen MR) is 66.8 cm³/mol. The number of aliphatic carboxylic acids is 1. The van der Waals surface area contributed by atoms with Gasteiger partial charge in [0, 0.05) is 6.42 Å². The molecule has 20 heavy (non-hydrogen) atoms. The quantitative estimate of drug-likeness (QED) is 0.267. The molecular formula is C12H22O8. The summed E-state index contributed by atoms with van der Waals surface area (Å²) in [5.74, 6) is -3.10. The lowest BCUT2D eigenvalue weighted by molar-refractivity contribution is -0.152. The predicted octanol–water partition coefficient (Wildman–Crippen LogP) is -2.12. The van der Waals surface area contributed by atoms with Crippen LogP contribution in [-0.4, -0.2) is 73.4 Å². The molecule has 0 saturated carbocycles. The van der Waals surface area contributed by atoms with E-state index in [9.17, 15) is 24.9 Å². The van der Waals surface area contributed by atoms with Gasteiger partial charge >= 0.3 is 5.97 Å². The van der Waals surface area contributed by atoms with E-state index in [0.717, 1.165) is 0 Å². The number of carboxylic acids is 1. The molecule has 0 aromatic heterocycles. The van der Waals surface area contributed by atoms with Crippen molar-refractivity contribution in [3.63, 3.8) is 0 Å². The maximum absolute atomic E-state index is 11.7. The Hall–Kier alpha value is -1.06. The highest BCUT2D eigenvalue weighted by Gasteiger charge is 2.35. The molecule has 0 fully saturated rings. The van der Waals surface area contributed by atoms with Crippen molar-refractivity contribution in [1.29, 1.82) is 0 Å². The van der Waals surface area contributed by atoms with Crippen LogP contribution in [0.4, 0.5) is 0 Å². The minimum absolute atomic E-state index is 0.242. The number of ketones is 1. The summed E-state index contributed by atoms with van der Waals surface area (Å²) in [5, 5.41) is 55.0. The summed E-state index contributed by atoms with van der Waals surface area (Å²) in [7, 11) is 0. The maximum Gasteiger partial charge on any atom is 0.306 e. The SMILES string of the molecule is CCC[C@H](CC(=O)C(O)C(O)C(O)C(O)CO)C(=O)O. The molecule has 6 N–H and O–H groups in total. The van der Waals surface area contributed by atoms with E-state index in [4.69, 9.17) is 15.3 Å². The first-order valence-electron chi connectivity index (χ1n) is 6.34. The summed E-state index contributed by atoms with van der Waals surface area (Å²) in [6, 6.07) is 0. The van der Waals surface area contributed by atoms with Crippen molar-refractivity contribution >= 4 is 11.8 Å². The van der Waals surface area contributed by atoms with Gasteiger partial charge in [-0.1, -0.05) is 13.3 Å². The van der Waals surface area contributed by atoms with Crippen LogP contribution in [0.2, 0.25) is 0 Å². The molecule has 0 aromatic rings. The molecule has 0 amide bonds. The number of aliphatic hydroxyl groups is 5. The topological polar surface area (TPSA) is 156 Å². The number of rotatable bonds is 10. The number of carbonyl (C=O) groups excluding carboxylic acids is 1. The number of aliphatic hydroxyl groups excluding tert-OH is 5. The Morgan fingerprint density at radius 2 is 1.60 bits per heavy atom. The number of carbonyl (C=O) groups is 2. The van der Waals surface area contributed by atoms with Gasteiger partial charge in [0.05, 0.1) is 12.5 Å². The Morgan fingerprint density at radius 1 is 1.05 bits per heavy atom. The average molecular weight is 294 g/mol. The highest BCUT2D eigenvalue weighted by Crippen LogP contribution is 2.15. The van der Waals surface area contributed by atoms with E-state index in [1.165, 1.54) is 0 Å². The van der Waals surface area contributed by atoms with Crippen LogP contribution in [0.1, 0.15) is 26.2 Å². The van der Waals surface area contributed by atoms with E-state index in [-0.39, 0.29) is 6.42 Å². The Labute approximate surface area is 116 Å². The Morgan fingerprint density at radius 3 is 2.00 bits per heavy atom. The van der Waals surface area contributed by atoms with Crippen molar-refractivity contribution in [2.45, 2.75) is 50.6 Å². The van der Waals surface area contributed by atoms with E-state index in [0.29, 0.717) is 6.42 Å². The fraction of sp³-hybridized carbons (Fsp3) is 0.833. The first kappa shape index (κ1) is 18.9. The molecule has 8 heteroatoms. The molecule has 0 aliphatic heterocycles. The van der Waals surface area contributed by atoms with E-state index in [2.05, 4.69) is 0 Å². The molecule has 0 rings (SSSR count). The van der Waals surface area contributed by atoms with E-state index >= 15 is 0 Å². The second kappa shape index (κ2) is 8.98. The van der Waals surface area contributed by atoms with E-state index in [1.54, 1.807) is 6.92 Å². The number of hydrogen-bond donors (Lipinski definition) is 6. The minimum Gasteiger partial charge on any atom is -0.481 e. The third kappa shape index (κ3) is 5.51.